The van der Waals surface area contributed by atoms with E-state index in [9.17, 15) is 0 Å². The van der Waals surface area contributed by atoms with Gasteiger partial charge in [0.05, 0.1) is 5.56 Å². The van der Waals surface area contributed by atoms with Gasteiger partial charge in [-0.25, -0.2) is 15.0 Å². The molecule has 0 saturated heterocycles. The van der Waals surface area contributed by atoms with Crippen LogP contribution in [0, 0.1) is 0 Å². The van der Waals surface area contributed by atoms with Crippen molar-refractivity contribution in [2.75, 3.05) is 17.2 Å². The molecular formula is C18H26N6. The Labute approximate surface area is 143 Å². The number of rotatable bonds is 7. The predicted molar refractivity (Wildman–Crippen MR) is 97.0 cm³/mol. The van der Waals surface area contributed by atoms with Crippen LogP contribution < -0.4 is 10.6 Å². The third kappa shape index (κ3) is 4.40. The fourth-order valence-corrected chi connectivity index (χ4v) is 3.00. The van der Waals surface area contributed by atoms with Crippen molar-refractivity contribution in [3.63, 3.8) is 0 Å². The number of nitrogens with one attached hydrogen (secondary N) is 2. The lowest BCUT2D eigenvalue weighted by molar-refractivity contribution is 0.462. The number of hydrogen-bond donors (Lipinski definition) is 2. The van der Waals surface area contributed by atoms with E-state index in [0.29, 0.717) is 17.8 Å². The minimum Gasteiger partial charge on any atom is -0.367 e. The van der Waals surface area contributed by atoms with Crippen molar-refractivity contribution in [2.24, 2.45) is 0 Å². The summed E-state index contributed by atoms with van der Waals surface area (Å²) in [7, 11) is 0. The molecule has 6 heteroatoms. The first-order chi connectivity index (χ1) is 11.9. The fourth-order valence-electron chi connectivity index (χ4n) is 3.00. The standard InChI is InChI=1S/C18H26N6/c1-2-3-10-21-18-22-13-15(16-19-11-7-12-20-16)17(24-18)23-14-8-5-4-6-9-14/h7,11-14H,2-6,8-10H2,1H3,(H2,21,22,23,24). The number of unbranched alkanes of at least 4 members (excludes halogenated alkanes) is 1. The molecule has 1 fully saturated rings. The van der Waals surface area contributed by atoms with E-state index < -0.39 is 0 Å². The van der Waals surface area contributed by atoms with E-state index in [4.69, 9.17) is 4.98 Å². The van der Waals surface area contributed by atoms with Gasteiger partial charge in [0.25, 0.3) is 0 Å². The van der Waals surface area contributed by atoms with E-state index in [2.05, 4.69) is 32.5 Å². The molecule has 1 aliphatic carbocycles. The van der Waals surface area contributed by atoms with Crippen LogP contribution in [0.25, 0.3) is 11.4 Å². The van der Waals surface area contributed by atoms with Gasteiger partial charge in [0, 0.05) is 31.2 Å². The summed E-state index contributed by atoms with van der Waals surface area (Å²) in [5, 5.41) is 6.91. The minimum absolute atomic E-state index is 0.472. The summed E-state index contributed by atoms with van der Waals surface area (Å²) in [6.07, 6.45) is 13.9. The van der Waals surface area contributed by atoms with Crippen molar-refractivity contribution < 1.29 is 0 Å². The molecule has 2 heterocycles. The lowest BCUT2D eigenvalue weighted by Crippen LogP contribution is -2.23. The van der Waals surface area contributed by atoms with E-state index in [1.807, 2.05) is 12.3 Å². The van der Waals surface area contributed by atoms with E-state index in [0.717, 1.165) is 30.8 Å². The Balaban J connectivity index is 1.83. The molecule has 0 aromatic carbocycles. The maximum Gasteiger partial charge on any atom is 0.224 e. The summed E-state index contributed by atoms with van der Waals surface area (Å²) >= 11 is 0. The van der Waals surface area contributed by atoms with E-state index >= 15 is 0 Å². The molecule has 0 unspecified atom stereocenters. The highest BCUT2D eigenvalue weighted by Crippen LogP contribution is 2.27. The van der Waals surface area contributed by atoms with Crippen molar-refractivity contribution in [3.05, 3.63) is 24.7 Å². The van der Waals surface area contributed by atoms with Gasteiger partial charge < -0.3 is 10.6 Å². The maximum absolute atomic E-state index is 4.70. The molecule has 1 aliphatic rings. The molecule has 2 aromatic rings. The summed E-state index contributed by atoms with van der Waals surface area (Å²) in [5.74, 6) is 2.17. The lowest BCUT2D eigenvalue weighted by Gasteiger charge is -2.24. The lowest BCUT2D eigenvalue weighted by atomic mass is 9.95. The van der Waals surface area contributed by atoms with Crippen LogP contribution >= 0.6 is 0 Å². The first kappa shape index (κ1) is 16.6. The zero-order chi connectivity index (χ0) is 16.6. The average molecular weight is 326 g/mol. The van der Waals surface area contributed by atoms with E-state index in [1.165, 1.54) is 32.1 Å². The Morgan fingerprint density at radius 3 is 2.62 bits per heavy atom. The Morgan fingerprint density at radius 1 is 1.08 bits per heavy atom. The van der Waals surface area contributed by atoms with Gasteiger partial charge in [0.1, 0.15) is 5.82 Å². The van der Waals surface area contributed by atoms with Crippen LogP contribution in [-0.4, -0.2) is 32.5 Å². The van der Waals surface area contributed by atoms with E-state index in [1.54, 1.807) is 12.4 Å². The molecule has 6 nitrogen and oxygen atoms in total. The van der Waals surface area contributed by atoms with Gasteiger partial charge in [-0.1, -0.05) is 32.6 Å². The highest BCUT2D eigenvalue weighted by Gasteiger charge is 2.18. The third-order valence-corrected chi connectivity index (χ3v) is 4.35. The zero-order valence-electron chi connectivity index (χ0n) is 14.3. The molecule has 1 saturated carbocycles. The monoisotopic (exact) mass is 326 g/mol. The highest BCUT2D eigenvalue weighted by atomic mass is 15.1. The molecule has 24 heavy (non-hydrogen) atoms. The van der Waals surface area contributed by atoms with Gasteiger partial charge in [-0.2, -0.15) is 4.98 Å². The van der Waals surface area contributed by atoms with Crippen molar-refractivity contribution in [1.82, 2.24) is 19.9 Å². The molecular weight excluding hydrogens is 300 g/mol. The van der Waals surface area contributed by atoms with Crippen LogP contribution in [0.3, 0.4) is 0 Å². The van der Waals surface area contributed by atoms with Gasteiger partial charge in [-0.15, -0.1) is 0 Å². The molecule has 3 rings (SSSR count). The van der Waals surface area contributed by atoms with Crippen LogP contribution in [0.15, 0.2) is 24.7 Å². The van der Waals surface area contributed by atoms with Crippen molar-refractivity contribution >= 4 is 11.8 Å². The first-order valence-corrected chi connectivity index (χ1v) is 9.01. The third-order valence-electron chi connectivity index (χ3n) is 4.35. The second-order valence-corrected chi connectivity index (χ2v) is 6.29. The predicted octanol–water partition coefficient (Wildman–Crippen LogP) is 3.89. The molecule has 0 amide bonds. The zero-order valence-corrected chi connectivity index (χ0v) is 14.3. The number of anilines is 2. The summed E-state index contributed by atoms with van der Waals surface area (Å²) in [4.78, 5) is 17.9. The SMILES string of the molecule is CCCCNc1ncc(-c2ncccn2)c(NC2CCCCC2)n1. The number of nitrogens with zero attached hydrogens (tertiary/aromatic N) is 4. The second-order valence-electron chi connectivity index (χ2n) is 6.29. The minimum atomic E-state index is 0.472. The Kier molecular flexibility index (Phi) is 5.93. The van der Waals surface area contributed by atoms with Crippen LogP contribution in [0.1, 0.15) is 51.9 Å². The van der Waals surface area contributed by atoms with Gasteiger partial charge in [0.15, 0.2) is 5.82 Å². The van der Waals surface area contributed by atoms with Crippen molar-refractivity contribution in [1.29, 1.82) is 0 Å². The normalized spacial score (nSPS) is 15.2. The molecule has 128 valence electrons. The van der Waals surface area contributed by atoms with Crippen LogP contribution in [0.5, 0.6) is 0 Å². The Bertz CT molecular complexity index is 625. The summed E-state index contributed by atoms with van der Waals surface area (Å²) < 4.78 is 0. The van der Waals surface area contributed by atoms with Crippen molar-refractivity contribution in [3.8, 4) is 11.4 Å². The second kappa shape index (κ2) is 8.57. The molecule has 0 radical (unpaired) electrons. The molecule has 2 aromatic heterocycles. The van der Waals surface area contributed by atoms with E-state index in [-0.39, 0.29) is 0 Å². The topological polar surface area (TPSA) is 75.6 Å². The average Bonchev–Trinajstić information content (AvgIpc) is 2.64. The van der Waals surface area contributed by atoms with Crippen LogP contribution in [-0.2, 0) is 0 Å². The van der Waals surface area contributed by atoms with Gasteiger partial charge >= 0.3 is 0 Å². The molecule has 2 N–H and O–H groups in total. The summed E-state index contributed by atoms with van der Waals surface area (Å²) in [6, 6.07) is 2.29. The van der Waals surface area contributed by atoms with Crippen LogP contribution in [0.2, 0.25) is 0 Å². The van der Waals surface area contributed by atoms with Gasteiger partial charge in [-0.3, -0.25) is 0 Å². The summed E-state index contributed by atoms with van der Waals surface area (Å²) in [5.41, 5.74) is 0.863. The first-order valence-electron chi connectivity index (χ1n) is 9.01. The maximum atomic E-state index is 4.70. The Morgan fingerprint density at radius 2 is 1.88 bits per heavy atom. The fraction of sp³-hybridized carbons (Fsp3) is 0.556. The number of hydrogen-bond acceptors (Lipinski definition) is 6. The Hall–Kier alpha value is -2.24. The number of aromatic nitrogens is 4. The largest absolute Gasteiger partial charge is 0.367 e. The summed E-state index contributed by atoms with van der Waals surface area (Å²) in [6.45, 7) is 3.06. The quantitative estimate of drug-likeness (QED) is 0.752. The van der Waals surface area contributed by atoms with Crippen LogP contribution in [0.4, 0.5) is 11.8 Å². The smallest absolute Gasteiger partial charge is 0.224 e. The van der Waals surface area contributed by atoms with Gasteiger partial charge in [0.2, 0.25) is 5.95 Å². The highest BCUT2D eigenvalue weighted by molar-refractivity contribution is 5.70. The molecule has 0 atom stereocenters. The molecule has 0 spiro atoms. The van der Waals surface area contributed by atoms with Crippen molar-refractivity contribution in [2.45, 2.75) is 57.9 Å². The molecule has 0 bridgehead atoms. The molecule has 0 aliphatic heterocycles. The van der Waals surface area contributed by atoms with Gasteiger partial charge in [-0.05, 0) is 25.3 Å².